The maximum atomic E-state index is 14.2. The number of amides is 2. The van der Waals surface area contributed by atoms with Crippen molar-refractivity contribution in [3.05, 3.63) is 44.3 Å². The summed E-state index contributed by atoms with van der Waals surface area (Å²) in [6, 6.07) is -4.01. The molecule has 14 atom stereocenters. The molecule has 20 heteroatoms. The molecule has 1 spiro atoms. The minimum absolute atomic E-state index is 0. The molecule has 1 aliphatic carbocycles. The Hall–Kier alpha value is -4.55. The fourth-order valence-electron chi connectivity index (χ4n) is 12.7. The molecule has 5 saturated heterocycles. The number of ketones is 1. The summed E-state index contributed by atoms with van der Waals surface area (Å²) in [5.41, 5.74) is 3.13. The van der Waals surface area contributed by atoms with Gasteiger partial charge in [0.1, 0.15) is 0 Å². The molecule has 8 bridgehead atoms. The SMILES string of the molecule is C[C@@]12CC(=O)N[C@@]13C[C@@H]1[N-]C(C[C@H]4[N-]C5/C(=C6\[N-]C(/C=C(\[N-]3)[C@H]2CCC(=O)O)[C@@H](CC(=O)O)[C@@H]6CCC(=O)O)C(=O)CC[C@H]5[C@@H]4CC(=O)O)[C@@](C)(CC(N)=O)[C@@H]1CCC(=O)O.[Ni]. The van der Waals surface area contributed by atoms with Crippen molar-refractivity contribution in [3.63, 3.8) is 0 Å². The Kier molecular flexibility index (Phi) is 13.3. The fourth-order valence-corrected chi connectivity index (χ4v) is 12.7. The Labute approximate surface area is 368 Å². The van der Waals surface area contributed by atoms with Crippen LogP contribution in [-0.2, 0) is 54.8 Å². The molecule has 7 aliphatic rings. The Morgan fingerprint density at radius 1 is 0.839 bits per heavy atom. The van der Waals surface area contributed by atoms with E-state index in [0.717, 1.165) is 0 Å². The molecule has 6 aliphatic heterocycles. The number of nitrogens with one attached hydrogen (secondary N) is 1. The molecule has 8 N–H and O–H groups in total. The number of carboxylic acid groups (broad SMARTS) is 5. The number of carboxylic acids is 5. The predicted octanol–water partition coefficient (Wildman–Crippen LogP) is 4.02. The average molecular weight is 910 g/mol. The molecule has 344 valence electrons. The van der Waals surface area contributed by atoms with Crippen molar-refractivity contribution in [1.82, 2.24) is 5.32 Å². The average Bonchev–Trinajstić information content (AvgIpc) is 3.83. The second-order valence-corrected chi connectivity index (χ2v) is 18.8. The van der Waals surface area contributed by atoms with Crippen LogP contribution in [0.3, 0.4) is 0 Å². The minimum atomic E-state index is -1.43. The normalized spacial score (nSPS) is 41.1. The van der Waals surface area contributed by atoms with E-state index in [1.165, 1.54) is 0 Å². The van der Waals surface area contributed by atoms with Crippen molar-refractivity contribution in [2.45, 2.75) is 140 Å². The number of carbonyl (C=O) groups excluding carboxylic acids is 3. The van der Waals surface area contributed by atoms with Gasteiger partial charge in [-0.25, -0.2) is 0 Å². The van der Waals surface area contributed by atoms with Gasteiger partial charge in [-0.2, -0.15) is 11.4 Å². The molecule has 6 heterocycles. The van der Waals surface area contributed by atoms with Gasteiger partial charge in [-0.05, 0) is 71.4 Å². The van der Waals surface area contributed by atoms with Gasteiger partial charge >= 0.3 is 29.8 Å². The molecule has 0 aromatic heterocycles. The number of nitrogens with zero attached hydrogens (tertiary/aromatic N) is 4. The van der Waals surface area contributed by atoms with E-state index in [-0.39, 0.29) is 117 Å². The van der Waals surface area contributed by atoms with Gasteiger partial charge in [0, 0.05) is 67.9 Å². The Bertz CT molecular complexity index is 1980. The van der Waals surface area contributed by atoms with Crippen LogP contribution in [0, 0.1) is 46.3 Å². The Morgan fingerprint density at radius 2 is 1.47 bits per heavy atom. The zero-order chi connectivity index (χ0) is 44.3. The Balaban J connectivity index is 0.00000641. The molecule has 3 unspecified atom stereocenters. The second kappa shape index (κ2) is 17.6. The second-order valence-electron chi connectivity index (χ2n) is 18.8. The summed E-state index contributed by atoms with van der Waals surface area (Å²) in [7, 11) is 0. The molecule has 0 radical (unpaired) electrons. The minimum Gasteiger partial charge on any atom is -0.681 e. The molecule has 62 heavy (non-hydrogen) atoms. The van der Waals surface area contributed by atoms with Gasteiger partial charge in [-0.1, -0.05) is 44.6 Å². The first-order valence-electron chi connectivity index (χ1n) is 21.2. The van der Waals surface area contributed by atoms with Crippen LogP contribution >= 0.6 is 0 Å². The van der Waals surface area contributed by atoms with Gasteiger partial charge in [0.25, 0.3) is 0 Å². The number of allylic oxidation sites excluding steroid dienone is 2. The Morgan fingerprint density at radius 3 is 2.10 bits per heavy atom. The summed E-state index contributed by atoms with van der Waals surface area (Å²) < 4.78 is 0. The van der Waals surface area contributed by atoms with Crippen LogP contribution in [0.25, 0.3) is 21.3 Å². The number of aliphatic carboxylic acids is 5. The summed E-state index contributed by atoms with van der Waals surface area (Å²) >= 11 is 0. The number of nitrogens with two attached hydrogens (primary N) is 1. The summed E-state index contributed by atoms with van der Waals surface area (Å²) in [5, 5.41) is 74.1. The van der Waals surface area contributed by atoms with E-state index < -0.39 is 124 Å². The largest absolute Gasteiger partial charge is 0.681 e. The van der Waals surface area contributed by atoms with Crippen LogP contribution in [-0.4, -0.2) is 109 Å². The molecule has 6 fully saturated rings. The molecular formula is C42H54N6NiO13-4. The number of hydrogen-bond acceptors (Lipinski definition) is 8. The molecule has 1 saturated carbocycles. The van der Waals surface area contributed by atoms with E-state index in [9.17, 15) is 63.9 Å². The van der Waals surface area contributed by atoms with Crippen molar-refractivity contribution in [3.8, 4) is 0 Å². The fraction of sp³-hybridized carbons (Fsp3) is 0.714. The van der Waals surface area contributed by atoms with E-state index in [1.807, 2.05) is 13.8 Å². The number of fused-ring (bicyclic) bond motifs is 6. The van der Waals surface area contributed by atoms with Crippen LogP contribution in [0.4, 0.5) is 0 Å². The van der Waals surface area contributed by atoms with Gasteiger partial charge in [-0.15, -0.1) is 30.2 Å². The van der Waals surface area contributed by atoms with Crippen LogP contribution in [0.5, 0.6) is 0 Å². The quantitative estimate of drug-likeness (QED) is 0.114. The van der Waals surface area contributed by atoms with Crippen molar-refractivity contribution in [1.29, 1.82) is 0 Å². The number of hydrogen-bond donors (Lipinski definition) is 7. The number of carbonyl (C=O) groups is 8. The van der Waals surface area contributed by atoms with E-state index in [4.69, 9.17) is 27.0 Å². The van der Waals surface area contributed by atoms with E-state index in [0.29, 0.717) is 12.1 Å². The van der Waals surface area contributed by atoms with Crippen molar-refractivity contribution >= 4 is 47.4 Å². The van der Waals surface area contributed by atoms with Crippen molar-refractivity contribution in [2.24, 2.45) is 52.1 Å². The van der Waals surface area contributed by atoms with Crippen LogP contribution in [0.2, 0.25) is 0 Å². The third kappa shape index (κ3) is 8.46. The standard InChI is InChI=1S/C42H55N6O13.Ni/c1-40(16-30(43)50)22(5-9-33(54)55)27-15-42-41(2,17-31(51)48-42)23(6-10-34(56)57)26(47-42)13-24-20(11-35(58)59)19(4-8-32(52)53)39(45-24)37-28(49)7-3-18-21(12-36(60)61)25(46-38(18)37)14-29(40)44-27;/h13,18-25,27,29,38H,3-12,14-17H2,1-2H3,(H9,43,45,48,49,50,51,52,53,54,55,56,57,58,59,60,61);/q-3;/p-1/b26-13-;/t18-,19-,20-,21-,22+,23+,24?,25+,27-,29?,38?,40-,41-,42-;/m0./s1. The first kappa shape index (κ1) is 46.9. The molecule has 7 rings (SSSR count). The predicted molar refractivity (Wildman–Crippen MR) is 213 cm³/mol. The molecule has 19 nitrogen and oxygen atoms in total. The first-order chi connectivity index (χ1) is 28.7. The van der Waals surface area contributed by atoms with E-state index in [2.05, 4.69) is 5.32 Å². The zero-order valence-electron chi connectivity index (χ0n) is 34.5. The monoisotopic (exact) mass is 908 g/mol. The van der Waals surface area contributed by atoms with Gasteiger partial charge in [0.2, 0.25) is 11.8 Å². The third-order valence-corrected chi connectivity index (χ3v) is 15.4. The first-order valence-corrected chi connectivity index (χ1v) is 21.2. The van der Waals surface area contributed by atoms with Crippen LogP contribution < -0.4 is 11.1 Å². The van der Waals surface area contributed by atoms with Gasteiger partial charge < -0.3 is 57.9 Å². The number of primary amides is 1. The van der Waals surface area contributed by atoms with Gasteiger partial charge in [0.05, 0.1) is 0 Å². The molecule has 2 amide bonds. The summed E-state index contributed by atoms with van der Waals surface area (Å²) in [4.78, 5) is 102. The maximum Gasteiger partial charge on any atom is 0.303 e. The smallest absolute Gasteiger partial charge is 0.303 e. The van der Waals surface area contributed by atoms with Crippen molar-refractivity contribution < 1.29 is 80.4 Å². The number of rotatable bonds is 15. The van der Waals surface area contributed by atoms with E-state index >= 15 is 0 Å². The van der Waals surface area contributed by atoms with Gasteiger partial charge in [-0.3, -0.25) is 38.4 Å². The van der Waals surface area contributed by atoms with Crippen LogP contribution in [0.15, 0.2) is 23.0 Å². The van der Waals surface area contributed by atoms with Crippen LogP contribution in [0.1, 0.15) is 104 Å². The summed E-state index contributed by atoms with van der Waals surface area (Å²) in [6.45, 7) is 3.65. The van der Waals surface area contributed by atoms with Crippen molar-refractivity contribution in [2.75, 3.05) is 0 Å². The van der Waals surface area contributed by atoms with E-state index in [1.54, 1.807) is 6.08 Å². The zero-order valence-corrected chi connectivity index (χ0v) is 35.5. The topological polar surface area (TPSA) is 332 Å². The maximum absolute atomic E-state index is 14.2. The number of Topliss-reactive ketones (excluding diaryl/α,β-unsaturated/α-hetero) is 1. The third-order valence-electron chi connectivity index (χ3n) is 15.4. The molecule has 0 aromatic carbocycles. The summed E-state index contributed by atoms with van der Waals surface area (Å²) in [6.07, 6.45) is 0.187. The molecule has 0 aromatic rings. The molecular weight excluding hydrogens is 855 g/mol. The summed E-state index contributed by atoms with van der Waals surface area (Å²) in [5.74, 6) is -11.0. The van der Waals surface area contributed by atoms with Gasteiger partial charge in [0.15, 0.2) is 5.78 Å².